The van der Waals surface area contributed by atoms with Gasteiger partial charge in [0.15, 0.2) is 0 Å². The summed E-state index contributed by atoms with van der Waals surface area (Å²) in [5.74, 6) is 0.912. The molecule has 1 N–H and O–H groups in total. The number of nitrogens with one attached hydrogen (secondary N) is 1. The first-order chi connectivity index (χ1) is 10.3. The molecule has 0 fully saturated rings. The number of H-pyrrole nitrogens is 1. The molecule has 21 heavy (non-hydrogen) atoms. The Bertz CT molecular complexity index is 711. The third kappa shape index (κ3) is 2.84. The third-order valence-electron chi connectivity index (χ3n) is 3.49. The van der Waals surface area contributed by atoms with Crippen LogP contribution in [0, 0.1) is 6.92 Å². The Morgan fingerprint density at radius 1 is 0.905 bits per heavy atom. The first kappa shape index (κ1) is 13.5. The average molecular weight is 277 g/mol. The van der Waals surface area contributed by atoms with Gasteiger partial charge in [-0.25, -0.2) is 0 Å². The fraction of sp³-hybridized carbons (Fsp3) is 0.158. The topological polar surface area (TPSA) is 25.0 Å². The van der Waals surface area contributed by atoms with Crippen molar-refractivity contribution in [1.82, 2.24) is 4.98 Å². The number of hydrogen-bond donors (Lipinski definition) is 1. The summed E-state index contributed by atoms with van der Waals surface area (Å²) in [6, 6.07) is 20.9. The minimum Gasteiger partial charge on any atom is -0.494 e. The summed E-state index contributed by atoms with van der Waals surface area (Å²) in [6.45, 7) is 4.78. The van der Waals surface area contributed by atoms with Crippen LogP contribution in [0.15, 0.2) is 60.7 Å². The first-order valence-corrected chi connectivity index (χ1v) is 7.26. The number of ether oxygens (including phenoxy) is 1. The van der Waals surface area contributed by atoms with E-state index in [0.29, 0.717) is 6.61 Å². The largest absolute Gasteiger partial charge is 0.494 e. The maximum absolute atomic E-state index is 5.51. The van der Waals surface area contributed by atoms with Crippen molar-refractivity contribution in [1.29, 1.82) is 0 Å². The molecule has 0 saturated carbocycles. The molecule has 0 amide bonds. The molecule has 0 spiro atoms. The van der Waals surface area contributed by atoms with Crippen molar-refractivity contribution >= 4 is 0 Å². The predicted molar refractivity (Wildman–Crippen MR) is 87.6 cm³/mol. The highest BCUT2D eigenvalue weighted by molar-refractivity contribution is 5.82. The van der Waals surface area contributed by atoms with E-state index >= 15 is 0 Å². The second-order valence-electron chi connectivity index (χ2n) is 5.06. The summed E-state index contributed by atoms with van der Waals surface area (Å²) in [4.78, 5) is 3.47. The van der Waals surface area contributed by atoms with Crippen LogP contribution in [0.25, 0.3) is 22.4 Å². The summed E-state index contributed by atoms with van der Waals surface area (Å²) in [5, 5.41) is 0. The second kappa shape index (κ2) is 5.88. The van der Waals surface area contributed by atoms with Gasteiger partial charge in [-0.1, -0.05) is 42.5 Å². The van der Waals surface area contributed by atoms with Gasteiger partial charge in [-0.3, -0.25) is 0 Å². The molecule has 2 heteroatoms. The number of aromatic nitrogens is 1. The fourth-order valence-corrected chi connectivity index (χ4v) is 2.55. The van der Waals surface area contributed by atoms with Crippen LogP contribution >= 0.6 is 0 Å². The van der Waals surface area contributed by atoms with Gasteiger partial charge >= 0.3 is 0 Å². The molecular formula is C19H19NO. The van der Waals surface area contributed by atoms with Crippen LogP contribution in [0.3, 0.4) is 0 Å². The van der Waals surface area contributed by atoms with Crippen LogP contribution in [-0.4, -0.2) is 11.6 Å². The minimum atomic E-state index is 0.692. The van der Waals surface area contributed by atoms with Crippen molar-refractivity contribution < 1.29 is 4.74 Å². The smallest absolute Gasteiger partial charge is 0.119 e. The van der Waals surface area contributed by atoms with E-state index in [2.05, 4.69) is 54.4 Å². The van der Waals surface area contributed by atoms with Crippen molar-refractivity contribution in [2.24, 2.45) is 0 Å². The van der Waals surface area contributed by atoms with Crippen LogP contribution in [0.4, 0.5) is 0 Å². The van der Waals surface area contributed by atoms with Crippen molar-refractivity contribution in [2.45, 2.75) is 13.8 Å². The lowest BCUT2D eigenvalue weighted by atomic mass is 10.0. The lowest BCUT2D eigenvalue weighted by Crippen LogP contribution is -1.90. The third-order valence-corrected chi connectivity index (χ3v) is 3.49. The normalized spacial score (nSPS) is 10.6. The van der Waals surface area contributed by atoms with Gasteiger partial charge in [-0.15, -0.1) is 0 Å². The Morgan fingerprint density at radius 2 is 1.62 bits per heavy atom. The molecule has 0 aliphatic carbocycles. The van der Waals surface area contributed by atoms with Crippen molar-refractivity contribution in [3.63, 3.8) is 0 Å². The zero-order chi connectivity index (χ0) is 14.7. The summed E-state index contributed by atoms with van der Waals surface area (Å²) >= 11 is 0. The molecule has 3 aromatic rings. The molecule has 3 rings (SSSR count). The number of aromatic amines is 1. The zero-order valence-corrected chi connectivity index (χ0v) is 12.4. The van der Waals surface area contributed by atoms with Crippen LogP contribution in [0.2, 0.25) is 0 Å². The highest BCUT2D eigenvalue weighted by Gasteiger charge is 2.10. The second-order valence-corrected chi connectivity index (χ2v) is 5.06. The van der Waals surface area contributed by atoms with Gasteiger partial charge in [-0.2, -0.15) is 0 Å². The summed E-state index contributed by atoms with van der Waals surface area (Å²) in [7, 11) is 0. The molecule has 0 aliphatic heterocycles. The van der Waals surface area contributed by atoms with E-state index in [9.17, 15) is 0 Å². The predicted octanol–water partition coefficient (Wildman–Crippen LogP) is 5.06. The van der Waals surface area contributed by atoms with E-state index in [1.807, 2.05) is 25.1 Å². The van der Waals surface area contributed by atoms with Crippen molar-refractivity contribution in [2.75, 3.05) is 6.61 Å². The molecule has 0 unspecified atom stereocenters. The van der Waals surface area contributed by atoms with Gasteiger partial charge in [0, 0.05) is 11.3 Å². The van der Waals surface area contributed by atoms with Crippen molar-refractivity contribution in [3.8, 4) is 28.1 Å². The summed E-state index contributed by atoms with van der Waals surface area (Å²) in [6.07, 6.45) is 0. The highest BCUT2D eigenvalue weighted by Crippen LogP contribution is 2.33. The van der Waals surface area contributed by atoms with Gasteiger partial charge in [0.1, 0.15) is 5.75 Å². The molecule has 0 bridgehead atoms. The molecule has 0 saturated heterocycles. The zero-order valence-electron chi connectivity index (χ0n) is 12.4. The van der Waals surface area contributed by atoms with E-state index in [4.69, 9.17) is 4.74 Å². The average Bonchev–Trinajstić information content (AvgIpc) is 2.91. The lowest BCUT2D eigenvalue weighted by molar-refractivity contribution is 0.340. The Kier molecular flexibility index (Phi) is 3.78. The van der Waals surface area contributed by atoms with E-state index in [1.54, 1.807) is 0 Å². The van der Waals surface area contributed by atoms with Crippen LogP contribution in [0.1, 0.15) is 12.6 Å². The number of aryl methyl sites for hydroxylation is 1. The molecule has 2 aromatic carbocycles. The molecule has 1 heterocycles. The van der Waals surface area contributed by atoms with Crippen LogP contribution < -0.4 is 4.74 Å². The molecule has 106 valence electrons. The molecule has 0 radical (unpaired) electrons. The van der Waals surface area contributed by atoms with Crippen LogP contribution in [-0.2, 0) is 0 Å². The first-order valence-electron chi connectivity index (χ1n) is 7.26. The fourth-order valence-electron chi connectivity index (χ4n) is 2.55. The molecular weight excluding hydrogens is 258 g/mol. The SMILES string of the molecule is CCOc1ccc(-c2cc(C)[nH]c2-c2ccccc2)cc1. The number of hydrogen-bond acceptors (Lipinski definition) is 1. The minimum absolute atomic E-state index is 0.692. The maximum Gasteiger partial charge on any atom is 0.119 e. The monoisotopic (exact) mass is 277 g/mol. The number of rotatable bonds is 4. The van der Waals surface area contributed by atoms with Gasteiger partial charge < -0.3 is 9.72 Å². The lowest BCUT2D eigenvalue weighted by Gasteiger charge is -2.07. The standard InChI is InChI=1S/C19H19NO/c1-3-21-17-11-9-15(10-12-17)18-13-14(2)20-19(18)16-7-5-4-6-8-16/h4-13,20H,3H2,1-2H3. The summed E-state index contributed by atoms with van der Waals surface area (Å²) in [5.41, 5.74) is 5.95. The van der Waals surface area contributed by atoms with E-state index in [0.717, 1.165) is 17.1 Å². The van der Waals surface area contributed by atoms with E-state index in [-0.39, 0.29) is 0 Å². The van der Waals surface area contributed by atoms with E-state index < -0.39 is 0 Å². The Balaban J connectivity index is 2.02. The molecule has 0 aliphatic rings. The van der Waals surface area contributed by atoms with Crippen LogP contribution in [0.5, 0.6) is 5.75 Å². The van der Waals surface area contributed by atoms with Gasteiger partial charge in [0.05, 0.1) is 12.3 Å². The molecule has 2 nitrogen and oxygen atoms in total. The molecule has 1 aromatic heterocycles. The maximum atomic E-state index is 5.51. The summed E-state index contributed by atoms with van der Waals surface area (Å²) < 4.78 is 5.51. The van der Waals surface area contributed by atoms with Gasteiger partial charge in [-0.05, 0) is 43.2 Å². The van der Waals surface area contributed by atoms with Gasteiger partial charge in [0.25, 0.3) is 0 Å². The number of benzene rings is 2. The highest BCUT2D eigenvalue weighted by atomic mass is 16.5. The Hall–Kier alpha value is -2.48. The Labute approximate surface area is 125 Å². The van der Waals surface area contributed by atoms with Crippen molar-refractivity contribution in [3.05, 3.63) is 66.4 Å². The molecule has 0 atom stereocenters. The quantitative estimate of drug-likeness (QED) is 0.708. The van der Waals surface area contributed by atoms with E-state index in [1.165, 1.54) is 16.7 Å². The Morgan fingerprint density at radius 3 is 2.29 bits per heavy atom. The van der Waals surface area contributed by atoms with Gasteiger partial charge in [0.2, 0.25) is 0 Å².